The molecule has 0 saturated carbocycles. The molecule has 0 spiro atoms. The van der Waals surface area contributed by atoms with E-state index in [0.717, 1.165) is 0 Å². The lowest BCUT2D eigenvalue weighted by atomic mass is 9.99. The molecule has 9 nitrogen and oxygen atoms in total. The summed E-state index contributed by atoms with van der Waals surface area (Å²) >= 11 is 0. The number of carbonyl (C=O) groups excluding carboxylic acids is 3. The average molecular weight is 396 g/mol. The van der Waals surface area contributed by atoms with Gasteiger partial charge in [-0.3, -0.25) is 14.4 Å². The van der Waals surface area contributed by atoms with Crippen LogP contribution < -0.4 is 9.47 Å². The third-order valence-electron chi connectivity index (χ3n) is 3.95. The molecule has 1 saturated heterocycles. The van der Waals surface area contributed by atoms with Crippen LogP contribution in [0.15, 0.2) is 24.3 Å². The van der Waals surface area contributed by atoms with E-state index in [1.807, 2.05) is 0 Å². The summed E-state index contributed by atoms with van der Waals surface area (Å²) in [6, 6.07) is 6.68. The molecule has 0 aromatic heterocycles. The number of hydrogen-bond donors (Lipinski definition) is 0. The van der Waals surface area contributed by atoms with Gasteiger partial charge in [0.2, 0.25) is 12.4 Å². The summed E-state index contributed by atoms with van der Waals surface area (Å²) in [5, 5.41) is 0. The van der Waals surface area contributed by atoms with Gasteiger partial charge in [-0.15, -0.1) is 0 Å². The quantitative estimate of drug-likeness (QED) is 0.523. The van der Waals surface area contributed by atoms with Crippen LogP contribution in [-0.4, -0.2) is 55.7 Å². The molecule has 0 aliphatic carbocycles. The molecule has 0 N–H and O–H groups in total. The van der Waals surface area contributed by atoms with E-state index in [2.05, 4.69) is 0 Å². The van der Waals surface area contributed by atoms with Crippen molar-refractivity contribution in [3.05, 3.63) is 24.3 Å². The molecular weight excluding hydrogens is 372 g/mol. The van der Waals surface area contributed by atoms with Crippen molar-refractivity contribution in [1.29, 1.82) is 0 Å². The molecule has 0 bridgehead atoms. The molecule has 28 heavy (non-hydrogen) atoms. The highest BCUT2D eigenvalue weighted by atomic mass is 16.7. The van der Waals surface area contributed by atoms with E-state index in [4.69, 9.17) is 28.4 Å². The van der Waals surface area contributed by atoms with Gasteiger partial charge in [-0.25, -0.2) is 0 Å². The summed E-state index contributed by atoms with van der Waals surface area (Å²) in [6.45, 7) is 5.26. The van der Waals surface area contributed by atoms with Crippen molar-refractivity contribution in [2.45, 2.75) is 58.4 Å². The predicted octanol–water partition coefficient (Wildman–Crippen LogP) is 1.61. The van der Waals surface area contributed by atoms with Gasteiger partial charge in [0.05, 0.1) is 13.2 Å². The Kier molecular flexibility index (Phi) is 7.22. The lowest BCUT2D eigenvalue weighted by Gasteiger charge is -2.43. The Morgan fingerprint density at radius 2 is 1.25 bits per heavy atom. The number of esters is 3. The zero-order chi connectivity index (χ0) is 20.8. The zero-order valence-corrected chi connectivity index (χ0v) is 16.4. The summed E-state index contributed by atoms with van der Waals surface area (Å²) < 4.78 is 32.6. The minimum Gasteiger partial charge on any atom is -0.497 e. The third-order valence-corrected chi connectivity index (χ3v) is 3.95. The number of benzene rings is 1. The van der Waals surface area contributed by atoms with Crippen molar-refractivity contribution in [1.82, 2.24) is 0 Å². The smallest absolute Gasteiger partial charge is 0.303 e. The first kappa shape index (κ1) is 21.5. The Bertz CT molecular complexity index is 700. The van der Waals surface area contributed by atoms with Crippen LogP contribution in [0.2, 0.25) is 0 Å². The summed E-state index contributed by atoms with van der Waals surface area (Å²) in [7, 11) is 1.54. The highest BCUT2D eigenvalue weighted by Crippen LogP contribution is 2.30. The Morgan fingerprint density at radius 3 is 1.75 bits per heavy atom. The van der Waals surface area contributed by atoms with E-state index < -0.39 is 48.6 Å². The Balaban J connectivity index is 2.32. The van der Waals surface area contributed by atoms with Gasteiger partial charge in [0.25, 0.3) is 0 Å². The standard InChI is InChI=1S/C19H24O9/c1-10-16(25-11(2)20)17(26-12(3)21)18(27-13(4)22)19(24-10)28-15-8-6-14(23-5)7-9-15/h6-10,16-19H,1-5H3/t10?,16-,17-,18+,19+/m1/s1. The molecule has 1 heterocycles. The fourth-order valence-corrected chi connectivity index (χ4v) is 2.85. The molecule has 1 aliphatic rings. The van der Waals surface area contributed by atoms with Crippen molar-refractivity contribution in [3.8, 4) is 11.5 Å². The van der Waals surface area contributed by atoms with Gasteiger partial charge in [-0.1, -0.05) is 0 Å². The lowest BCUT2D eigenvalue weighted by Crippen LogP contribution is -2.62. The average Bonchev–Trinajstić information content (AvgIpc) is 2.61. The van der Waals surface area contributed by atoms with Crippen LogP contribution in [0, 0.1) is 0 Å². The Labute approximate surface area is 162 Å². The Morgan fingerprint density at radius 1 is 0.786 bits per heavy atom. The summed E-state index contributed by atoms with van der Waals surface area (Å²) in [5.74, 6) is -0.798. The van der Waals surface area contributed by atoms with Gasteiger partial charge < -0.3 is 28.4 Å². The van der Waals surface area contributed by atoms with E-state index >= 15 is 0 Å². The van der Waals surface area contributed by atoms with Gasteiger partial charge in [0.1, 0.15) is 11.5 Å². The summed E-state index contributed by atoms with van der Waals surface area (Å²) in [4.78, 5) is 34.7. The number of rotatable bonds is 6. The first-order valence-electron chi connectivity index (χ1n) is 8.69. The Hall–Kier alpha value is -2.81. The summed E-state index contributed by atoms with van der Waals surface area (Å²) in [6.07, 6.45) is -5.01. The number of hydrogen-bond acceptors (Lipinski definition) is 9. The molecule has 0 radical (unpaired) electrons. The molecule has 5 atom stereocenters. The number of ether oxygens (including phenoxy) is 6. The molecule has 1 aromatic rings. The lowest BCUT2D eigenvalue weighted by molar-refractivity contribution is -0.280. The molecule has 0 amide bonds. The molecule has 154 valence electrons. The number of carbonyl (C=O) groups is 3. The fraction of sp³-hybridized carbons (Fsp3) is 0.526. The first-order valence-corrected chi connectivity index (χ1v) is 8.69. The molecule has 2 rings (SSSR count). The van der Waals surface area contributed by atoms with Crippen molar-refractivity contribution >= 4 is 17.9 Å². The minimum atomic E-state index is -1.15. The van der Waals surface area contributed by atoms with Crippen LogP contribution >= 0.6 is 0 Å². The number of methoxy groups -OCH3 is 1. The molecule has 1 fully saturated rings. The molecule has 1 aliphatic heterocycles. The first-order chi connectivity index (χ1) is 13.2. The van der Waals surface area contributed by atoms with Crippen molar-refractivity contribution in [2.24, 2.45) is 0 Å². The topological polar surface area (TPSA) is 107 Å². The highest BCUT2D eigenvalue weighted by molar-refractivity contribution is 5.68. The van der Waals surface area contributed by atoms with Crippen LogP contribution in [0.3, 0.4) is 0 Å². The van der Waals surface area contributed by atoms with Gasteiger partial charge in [-0.2, -0.15) is 0 Å². The second kappa shape index (κ2) is 9.41. The van der Waals surface area contributed by atoms with Gasteiger partial charge in [-0.05, 0) is 31.2 Å². The van der Waals surface area contributed by atoms with E-state index in [9.17, 15) is 14.4 Å². The molecule has 1 aromatic carbocycles. The van der Waals surface area contributed by atoms with E-state index in [1.165, 1.54) is 27.9 Å². The van der Waals surface area contributed by atoms with Gasteiger partial charge >= 0.3 is 17.9 Å². The monoisotopic (exact) mass is 396 g/mol. The SMILES string of the molecule is COc1ccc(O[C@@H]2OC(C)[C@@H](OC(C)=O)[C@@H](OC(C)=O)[C@@H]2OC(C)=O)cc1. The van der Waals surface area contributed by atoms with Crippen LogP contribution in [-0.2, 0) is 33.3 Å². The fourth-order valence-electron chi connectivity index (χ4n) is 2.85. The maximum atomic E-state index is 11.6. The van der Waals surface area contributed by atoms with Gasteiger partial charge in [0.15, 0.2) is 12.2 Å². The van der Waals surface area contributed by atoms with Crippen LogP contribution in [0.25, 0.3) is 0 Å². The van der Waals surface area contributed by atoms with Crippen molar-refractivity contribution < 1.29 is 42.8 Å². The molecule has 9 heteroatoms. The van der Waals surface area contributed by atoms with Crippen LogP contribution in [0.1, 0.15) is 27.7 Å². The third kappa shape index (κ3) is 5.59. The molecule has 1 unspecified atom stereocenters. The van der Waals surface area contributed by atoms with Crippen molar-refractivity contribution in [2.75, 3.05) is 7.11 Å². The minimum absolute atomic E-state index is 0.419. The van der Waals surface area contributed by atoms with E-state index in [0.29, 0.717) is 11.5 Å². The van der Waals surface area contributed by atoms with Crippen LogP contribution in [0.5, 0.6) is 11.5 Å². The van der Waals surface area contributed by atoms with Crippen LogP contribution in [0.4, 0.5) is 0 Å². The van der Waals surface area contributed by atoms with E-state index in [1.54, 1.807) is 31.2 Å². The van der Waals surface area contributed by atoms with E-state index in [-0.39, 0.29) is 0 Å². The largest absolute Gasteiger partial charge is 0.497 e. The summed E-state index contributed by atoms with van der Waals surface area (Å²) in [5.41, 5.74) is 0. The zero-order valence-electron chi connectivity index (χ0n) is 16.4. The normalized spacial score (nSPS) is 26.7. The van der Waals surface area contributed by atoms with Gasteiger partial charge in [0, 0.05) is 20.8 Å². The second-order valence-electron chi connectivity index (χ2n) is 6.23. The maximum Gasteiger partial charge on any atom is 0.303 e. The molecular formula is C19H24O9. The maximum absolute atomic E-state index is 11.6. The highest BCUT2D eigenvalue weighted by Gasteiger charge is 2.51. The predicted molar refractivity (Wildman–Crippen MR) is 94.6 cm³/mol. The second-order valence-corrected chi connectivity index (χ2v) is 6.23. The van der Waals surface area contributed by atoms with Crippen molar-refractivity contribution in [3.63, 3.8) is 0 Å².